The minimum absolute atomic E-state index is 0.642. The maximum absolute atomic E-state index is 5.52. The number of hydrogen-bond donors (Lipinski definition) is 3. The molecular weight excluding hydrogens is 164 g/mol. The summed E-state index contributed by atoms with van der Waals surface area (Å²) in [5.74, 6) is 1.58. The fourth-order valence-corrected chi connectivity index (χ4v) is 1.84. The van der Waals surface area contributed by atoms with E-state index in [-0.39, 0.29) is 0 Å². The minimum Gasteiger partial charge on any atom is -0.384 e. The van der Waals surface area contributed by atoms with Crippen LogP contribution in [0.5, 0.6) is 0 Å². The fourth-order valence-electron chi connectivity index (χ4n) is 1.84. The second kappa shape index (κ2) is 3.79. The summed E-state index contributed by atoms with van der Waals surface area (Å²) in [6.07, 6.45) is 6.98. The van der Waals surface area contributed by atoms with Crippen molar-refractivity contribution in [1.82, 2.24) is 15.3 Å². The summed E-state index contributed by atoms with van der Waals surface area (Å²) in [5.41, 5.74) is 5.52. The van der Waals surface area contributed by atoms with Gasteiger partial charge in [-0.25, -0.2) is 4.98 Å². The van der Waals surface area contributed by atoms with E-state index < -0.39 is 0 Å². The molecule has 0 atom stereocenters. The zero-order valence-corrected chi connectivity index (χ0v) is 7.71. The van der Waals surface area contributed by atoms with Gasteiger partial charge in [-0.3, -0.25) is 0 Å². The van der Waals surface area contributed by atoms with E-state index in [0.29, 0.717) is 11.9 Å². The third-order valence-electron chi connectivity index (χ3n) is 2.56. The summed E-state index contributed by atoms with van der Waals surface area (Å²) in [7, 11) is 0. The van der Waals surface area contributed by atoms with Crippen molar-refractivity contribution in [2.45, 2.75) is 38.3 Å². The molecule has 4 N–H and O–H groups in total. The number of H-pyrrole nitrogens is 1. The molecule has 13 heavy (non-hydrogen) atoms. The van der Waals surface area contributed by atoms with Crippen LogP contribution in [0.1, 0.15) is 31.5 Å². The highest BCUT2D eigenvalue weighted by Crippen LogP contribution is 2.17. The highest BCUT2D eigenvalue weighted by Gasteiger charge is 2.14. The SMILES string of the molecule is Nc1cnc(CNC2CCCC2)[nH]1. The van der Waals surface area contributed by atoms with E-state index in [1.807, 2.05) is 0 Å². The zero-order chi connectivity index (χ0) is 9.10. The molecule has 0 bridgehead atoms. The Morgan fingerprint density at radius 2 is 2.31 bits per heavy atom. The molecular formula is C9H16N4. The van der Waals surface area contributed by atoms with Gasteiger partial charge in [0.1, 0.15) is 11.6 Å². The monoisotopic (exact) mass is 180 g/mol. The number of hydrogen-bond acceptors (Lipinski definition) is 3. The Morgan fingerprint density at radius 1 is 1.54 bits per heavy atom. The molecule has 1 heterocycles. The Balaban J connectivity index is 1.78. The molecule has 0 spiro atoms. The molecule has 1 saturated carbocycles. The number of nitrogen functional groups attached to an aromatic ring is 1. The molecule has 1 fully saturated rings. The van der Waals surface area contributed by atoms with Gasteiger partial charge in [-0.1, -0.05) is 12.8 Å². The molecule has 4 heteroatoms. The van der Waals surface area contributed by atoms with E-state index in [2.05, 4.69) is 15.3 Å². The third kappa shape index (κ3) is 2.21. The van der Waals surface area contributed by atoms with Crippen molar-refractivity contribution >= 4 is 5.82 Å². The van der Waals surface area contributed by atoms with Gasteiger partial charge in [0.05, 0.1) is 12.7 Å². The van der Waals surface area contributed by atoms with Crippen LogP contribution in [0.15, 0.2) is 6.20 Å². The van der Waals surface area contributed by atoms with Crippen molar-refractivity contribution in [1.29, 1.82) is 0 Å². The topological polar surface area (TPSA) is 66.7 Å². The van der Waals surface area contributed by atoms with Gasteiger partial charge in [0.2, 0.25) is 0 Å². The van der Waals surface area contributed by atoms with Gasteiger partial charge in [0, 0.05) is 6.04 Å². The Morgan fingerprint density at radius 3 is 2.92 bits per heavy atom. The van der Waals surface area contributed by atoms with Crippen LogP contribution in [0, 0.1) is 0 Å². The molecule has 0 unspecified atom stereocenters. The van der Waals surface area contributed by atoms with Crippen molar-refractivity contribution < 1.29 is 0 Å². The molecule has 4 nitrogen and oxygen atoms in total. The first kappa shape index (κ1) is 8.56. The Hall–Kier alpha value is -1.03. The van der Waals surface area contributed by atoms with Crippen LogP contribution in [0.25, 0.3) is 0 Å². The lowest BCUT2D eigenvalue weighted by Gasteiger charge is -2.09. The normalized spacial score (nSPS) is 18.2. The largest absolute Gasteiger partial charge is 0.384 e. The molecule has 1 aliphatic rings. The number of aromatic amines is 1. The molecule has 72 valence electrons. The highest BCUT2D eigenvalue weighted by atomic mass is 15.0. The molecule has 1 aromatic rings. The number of nitrogens with one attached hydrogen (secondary N) is 2. The van der Waals surface area contributed by atoms with Crippen LogP contribution in [-0.4, -0.2) is 16.0 Å². The summed E-state index contributed by atoms with van der Waals surface area (Å²) < 4.78 is 0. The molecule has 1 aliphatic carbocycles. The van der Waals surface area contributed by atoms with Gasteiger partial charge in [-0.05, 0) is 12.8 Å². The first-order chi connectivity index (χ1) is 6.34. The maximum atomic E-state index is 5.52. The molecule has 0 radical (unpaired) electrons. The predicted molar refractivity (Wildman–Crippen MR) is 52.1 cm³/mol. The quantitative estimate of drug-likeness (QED) is 0.650. The van der Waals surface area contributed by atoms with Crippen molar-refractivity contribution in [3.63, 3.8) is 0 Å². The lowest BCUT2D eigenvalue weighted by atomic mass is 10.2. The lowest BCUT2D eigenvalue weighted by Crippen LogP contribution is -2.25. The Labute approximate surface area is 77.9 Å². The molecule has 0 aliphatic heterocycles. The average Bonchev–Trinajstić information content (AvgIpc) is 2.71. The lowest BCUT2D eigenvalue weighted by molar-refractivity contribution is 0.515. The smallest absolute Gasteiger partial charge is 0.121 e. The molecule has 1 aromatic heterocycles. The van der Waals surface area contributed by atoms with E-state index in [0.717, 1.165) is 12.4 Å². The van der Waals surface area contributed by atoms with Gasteiger partial charge in [-0.2, -0.15) is 0 Å². The fraction of sp³-hybridized carbons (Fsp3) is 0.667. The predicted octanol–water partition coefficient (Wildman–Crippen LogP) is 1.02. The molecule has 2 rings (SSSR count). The van der Waals surface area contributed by atoms with Crippen LogP contribution in [0.4, 0.5) is 5.82 Å². The van der Waals surface area contributed by atoms with E-state index in [1.54, 1.807) is 6.20 Å². The van der Waals surface area contributed by atoms with Crippen molar-refractivity contribution in [2.24, 2.45) is 0 Å². The van der Waals surface area contributed by atoms with Crippen molar-refractivity contribution in [3.05, 3.63) is 12.0 Å². The number of nitrogens with two attached hydrogens (primary N) is 1. The van der Waals surface area contributed by atoms with Gasteiger partial charge < -0.3 is 16.0 Å². The average molecular weight is 180 g/mol. The van der Waals surface area contributed by atoms with E-state index in [4.69, 9.17) is 5.73 Å². The number of rotatable bonds is 3. The van der Waals surface area contributed by atoms with Gasteiger partial charge in [0.25, 0.3) is 0 Å². The number of aromatic nitrogens is 2. The summed E-state index contributed by atoms with van der Waals surface area (Å²) in [6.45, 7) is 0.807. The second-order valence-electron chi connectivity index (χ2n) is 3.65. The second-order valence-corrected chi connectivity index (χ2v) is 3.65. The number of nitrogens with zero attached hydrogens (tertiary/aromatic N) is 1. The van der Waals surface area contributed by atoms with Crippen LogP contribution < -0.4 is 11.1 Å². The minimum atomic E-state index is 0.642. The summed E-state index contributed by atoms with van der Waals surface area (Å²) in [5, 5.41) is 3.46. The molecule has 0 aromatic carbocycles. The van der Waals surface area contributed by atoms with E-state index in [1.165, 1.54) is 25.7 Å². The maximum Gasteiger partial charge on any atom is 0.121 e. The van der Waals surface area contributed by atoms with Crippen LogP contribution in [0.2, 0.25) is 0 Å². The summed E-state index contributed by atoms with van der Waals surface area (Å²) in [6, 6.07) is 0.686. The van der Waals surface area contributed by atoms with Gasteiger partial charge in [0.15, 0.2) is 0 Å². The zero-order valence-electron chi connectivity index (χ0n) is 7.71. The standard InChI is InChI=1S/C9H16N4/c10-8-5-12-9(13-8)6-11-7-3-1-2-4-7/h5,7,11H,1-4,6,10H2,(H,12,13). The van der Waals surface area contributed by atoms with Crippen LogP contribution in [-0.2, 0) is 6.54 Å². The van der Waals surface area contributed by atoms with Gasteiger partial charge >= 0.3 is 0 Å². The van der Waals surface area contributed by atoms with Crippen molar-refractivity contribution in [2.75, 3.05) is 5.73 Å². The highest BCUT2D eigenvalue weighted by molar-refractivity contribution is 5.24. The summed E-state index contributed by atoms with van der Waals surface area (Å²) >= 11 is 0. The Bertz CT molecular complexity index is 262. The first-order valence-electron chi connectivity index (χ1n) is 4.87. The van der Waals surface area contributed by atoms with Crippen LogP contribution >= 0.6 is 0 Å². The first-order valence-corrected chi connectivity index (χ1v) is 4.87. The van der Waals surface area contributed by atoms with E-state index in [9.17, 15) is 0 Å². The van der Waals surface area contributed by atoms with Crippen LogP contribution in [0.3, 0.4) is 0 Å². The summed E-state index contributed by atoms with van der Waals surface area (Å²) in [4.78, 5) is 7.14. The molecule has 0 amide bonds. The molecule has 0 saturated heterocycles. The van der Waals surface area contributed by atoms with E-state index >= 15 is 0 Å². The number of anilines is 1. The van der Waals surface area contributed by atoms with Gasteiger partial charge in [-0.15, -0.1) is 0 Å². The Kier molecular flexibility index (Phi) is 2.49. The third-order valence-corrected chi connectivity index (χ3v) is 2.56. The van der Waals surface area contributed by atoms with Crippen molar-refractivity contribution in [3.8, 4) is 0 Å². The number of imidazole rings is 1.